The highest BCUT2D eigenvalue weighted by atomic mass is 16.5. The highest BCUT2D eigenvalue weighted by molar-refractivity contribution is 5.94. The van der Waals surface area contributed by atoms with Gasteiger partial charge in [-0.2, -0.15) is 0 Å². The summed E-state index contributed by atoms with van der Waals surface area (Å²) in [7, 11) is 0. The van der Waals surface area contributed by atoms with Crippen LogP contribution < -0.4 is 10.1 Å². The van der Waals surface area contributed by atoms with E-state index in [0.717, 1.165) is 0 Å². The number of carbonyl (C=O) groups excluding carboxylic acids is 2. The minimum absolute atomic E-state index is 0.0165. The van der Waals surface area contributed by atoms with Crippen LogP contribution in [0, 0.1) is 0 Å². The van der Waals surface area contributed by atoms with Crippen LogP contribution in [0.15, 0.2) is 24.3 Å². The van der Waals surface area contributed by atoms with Crippen LogP contribution in [0.2, 0.25) is 0 Å². The van der Waals surface area contributed by atoms with Gasteiger partial charge in [0, 0.05) is 18.5 Å². The van der Waals surface area contributed by atoms with Crippen LogP contribution in [-0.2, 0) is 4.79 Å². The van der Waals surface area contributed by atoms with Gasteiger partial charge in [0.15, 0.2) is 5.78 Å². The fraction of sp³-hybridized carbons (Fsp3) is 0.429. The predicted molar refractivity (Wildman–Crippen MR) is 69.9 cm³/mol. The second-order valence-electron chi connectivity index (χ2n) is 3.99. The van der Waals surface area contributed by atoms with Crippen molar-refractivity contribution in [2.75, 3.05) is 13.2 Å². The lowest BCUT2D eigenvalue weighted by molar-refractivity contribution is -0.121. The van der Waals surface area contributed by atoms with Gasteiger partial charge in [0.05, 0.1) is 6.61 Å². The number of amides is 1. The van der Waals surface area contributed by atoms with Crippen LogP contribution in [0.3, 0.4) is 0 Å². The van der Waals surface area contributed by atoms with E-state index in [0.29, 0.717) is 37.3 Å². The molecule has 1 N–H and O–H groups in total. The molecule has 1 aromatic rings. The molecule has 98 valence electrons. The number of ketones is 1. The number of Topliss-reactive ketones (excluding diaryl/α,β-unsaturated/α-hetero) is 1. The van der Waals surface area contributed by atoms with Crippen molar-refractivity contribution >= 4 is 11.7 Å². The molecule has 0 bridgehead atoms. The molecule has 4 nitrogen and oxygen atoms in total. The first-order chi connectivity index (χ1) is 8.63. The molecule has 0 saturated heterocycles. The summed E-state index contributed by atoms with van der Waals surface area (Å²) in [5.74, 6) is 0.722. The van der Waals surface area contributed by atoms with Gasteiger partial charge >= 0.3 is 0 Å². The lowest BCUT2D eigenvalue weighted by Crippen LogP contribution is -2.22. The zero-order chi connectivity index (χ0) is 13.4. The van der Waals surface area contributed by atoms with E-state index < -0.39 is 0 Å². The summed E-state index contributed by atoms with van der Waals surface area (Å²) in [5.41, 5.74) is 0.635. The second-order valence-corrected chi connectivity index (χ2v) is 3.99. The Morgan fingerprint density at radius 3 is 2.78 bits per heavy atom. The van der Waals surface area contributed by atoms with Crippen molar-refractivity contribution in [3.63, 3.8) is 0 Å². The standard InChI is InChI=1S/C14H19NO3/c1-3-15-14(17)8-5-9-18-13-7-4-6-12(10-13)11(2)16/h4,6-7,10H,3,5,8-9H2,1-2H3,(H,15,17). The Bertz CT molecular complexity index is 415. The maximum absolute atomic E-state index is 11.2. The third kappa shape index (κ3) is 4.99. The largest absolute Gasteiger partial charge is 0.494 e. The lowest BCUT2D eigenvalue weighted by atomic mass is 10.1. The van der Waals surface area contributed by atoms with Gasteiger partial charge in [0.1, 0.15) is 5.75 Å². The highest BCUT2D eigenvalue weighted by Gasteiger charge is 2.02. The number of hydrogen-bond acceptors (Lipinski definition) is 3. The number of rotatable bonds is 7. The Kier molecular flexibility index (Phi) is 5.91. The lowest BCUT2D eigenvalue weighted by Gasteiger charge is -2.07. The van der Waals surface area contributed by atoms with Crippen molar-refractivity contribution in [2.24, 2.45) is 0 Å². The predicted octanol–water partition coefficient (Wildman–Crippen LogP) is 2.18. The first kappa shape index (κ1) is 14.2. The zero-order valence-corrected chi connectivity index (χ0v) is 10.9. The third-order valence-electron chi connectivity index (χ3n) is 2.43. The summed E-state index contributed by atoms with van der Waals surface area (Å²) in [6.07, 6.45) is 1.12. The minimum atomic E-state index is 0.0165. The summed E-state index contributed by atoms with van der Waals surface area (Å²) in [6, 6.07) is 7.06. The minimum Gasteiger partial charge on any atom is -0.494 e. The molecule has 1 aromatic carbocycles. The molecule has 4 heteroatoms. The molecule has 18 heavy (non-hydrogen) atoms. The molecular weight excluding hydrogens is 230 g/mol. The molecule has 0 heterocycles. The van der Waals surface area contributed by atoms with Crippen LogP contribution in [-0.4, -0.2) is 24.8 Å². The first-order valence-electron chi connectivity index (χ1n) is 6.14. The maximum Gasteiger partial charge on any atom is 0.220 e. The molecular formula is C14H19NO3. The molecule has 0 radical (unpaired) electrons. The number of ether oxygens (including phenoxy) is 1. The molecule has 0 atom stereocenters. The molecule has 0 aromatic heterocycles. The SMILES string of the molecule is CCNC(=O)CCCOc1cccc(C(C)=O)c1. The number of benzene rings is 1. The van der Waals surface area contributed by atoms with E-state index in [-0.39, 0.29) is 11.7 Å². The van der Waals surface area contributed by atoms with Crippen LogP contribution in [0.25, 0.3) is 0 Å². The molecule has 0 fully saturated rings. The van der Waals surface area contributed by atoms with Gasteiger partial charge in [0.25, 0.3) is 0 Å². The highest BCUT2D eigenvalue weighted by Crippen LogP contribution is 2.14. The Hall–Kier alpha value is -1.84. The topological polar surface area (TPSA) is 55.4 Å². The first-order valence-corrected chi connectivity index (χ1v) is 6.14. The smallest absolute Gasteiger partial charge is 0.220 e. The molecule has 1 amide bonds. The summed E-state index contributed by atoms with van der Waals surface area (Å²) < 4.78 is 5.49. The second kappa shape index (κ2) is 7.48. The van der Waals surface area contributed by atoms with E-state index in [1.165, 1.54) is 6.92 Å². The summed E-state index contributed by atoms with van der Waals surface area (Å²) in [6.45, 7) is 4.54. The van der Waals surface area contributed by atoms with E-state index >= 15 is 0 Å². The van der Waals surface area contributed by atoms with Gasteiger partial charge in [-0.15, -0.1) is 0 Å². The number of hydrogen-bond donors (Lipinski definition) is 1. The quantitative estimate of drug-likeness (QED) is 0.595. The number of carbonyl (C=O) groups is 2. The van der Waals surface area contributed by atoms with Crippen molar-refractivity contribution in [3.05, 3.63) is 29.8 Å². The van der Waals surface area contributed by atoms with Gasteiger partial charge in [-0.25, -0.2) is 0 Å². The van der Waals surface area contributed by atoms with Crippen molar-refractivity contribution in [1.29, 1.82) is 0 Å². The Morgan fingerprint density at radius 1 is 1.33 bits per heavy atom. The van der Waals surface area contributed by atoms with E-state index in [2.05, 4.69) is 5.32 Å². The van der Waals surface area contributed by atoms with E-state index in [1.807, 2.05) is 6.92 Å². The molecule has 0 aliphatic carbocycles. The molecule has 0 aliphatic heterocycles. The number of nitrogens with one attached hydrogen (secondary N) is 1. The van der Waals surface area contributed by atoms with Crippen molar-refractivity contribution in [2.45, 2.75) is 26.7 Å². The summed E-state index contributed by atoms with van der Waals surface area (Å²) in [5, 5.41) is 2.73. The summed E-state index contributed by atoms with van der Waals surface area (Å²) >= 11 is 0. The van der Waals surface area contributed by atoms with Gasteiger partial charge in [-0.3, -0.25) is 9.59 Å². The summed E-state index contributed by atoms with van der Waals surface area (Å²) in [4.78, 5) is 22.4. The van der Waals surface area contributed by atoms with E-state index in [4.69, 9.17) is 4.74 Å². The molecule has 0 spiro atoms. The van der Waals surface area contributed by atoms with Gasteiger partial charge < -0.3 is 10.1 Å². The van der Waals surface area contributed by atoms with Crippen LogP contribution in [0.1, 0.15) is 37.0 Å². The Balaban J connectivity index is 2.33. The van der Waals surface area contributed by atoms with Crippen LogP contribution >= 0.6 is 0 Å². The van der Waals surface area contributed by atoms with Gasteiger partial charge in [-0.1, -0.05) is 12.1 Å². The zero-order valence-electron chi connectivity index (χ0n) is 10.9. The Morgan fingerprint density at radius 2 is 2.11 bits per heavy atom. The molecule has 0 unspecified atom stereocenters. The molecule has 0 aliphatic rings. The maximum atomic E-state index is 11.2. The van der Waals surface area contributed by atoms with Gasteiger partial charge in [0.2, 0.25) is 5.91 Å². The monoisotopic (exact) mass is 249 g/mol. The third-order valence-corrected chi connectivity index (χ3v) is 2.43. The van der Waals surface area contributed by atoms with Crippen molar-refractivity contribution in [3.8, 4) is 5.75 Å². The normalized spacial score (nSPS) is 9.89. The fourth-order valence-electron chi connectivity index (χ4n) is 1.51. The van der Waals surface area contributed by atoms with Crippen LogP contribution in [0.4, 0.5) is 0 Å². The van der Waals surface area contributed by atoms with Crippen LogP contribution in [0.5, 0.6) is 5.75 Å². The average Bonchev–Trinajstić information content (AvgIpc) is 2.35. The van der Waals surface area contributed by atoms with E-state index in [9.17, 15) is 9.59 Å². The molecule has 0 saturated carbocycles. The van der Waals surface area contributed by atoms with E-state index in [1.54, 1.807) is 24.3 Å². The van der Waals surface area contributed by atoms with Gasteiger partial charge in [-0.05, 0) is 32.4 Å². The van der Waals surface area contributed by atoms with Crippen molar-refractivity contribution < 1.29 is 14.3 Å². The fourth-order valence-corrected chi connectivity index (χ4v) is 1.51. The average molecular weight is 249 g/mol. The molecule has 1 rings (SSSR count). The Labute approximate surface area is 107 Å². The van der Waals surface area contributed by atoms with Crippen molar-refractivity contribution in [1.82, 2.24) is 5.32 Å².